The van der Waals surface area contributed by atoms with E-state index in [9.17, 15) is 17.6 Å². The number of hydrogen-bond donors (Lipinski definition) is 1. The Morgan fingerprint density at radius 1 is 0.871 bits per heavy atom. The maximum atomic E-state index is 13.0. The van der Waals surface area contributed by atoms with Gasteiger partial charge in [0.05, 0.1) is 4.90 Å². The highest BCUT2D eigenvalue weighted by molar-refractivity contribution is 7.92. The fourth-order valence-corrected chi connectivity index (χ4v) is 4.89. The van der Waals surface area contributed by atoms with E-state index in [1.807, 2.05) is 23.1 Å². The van der Waals surface area contributed by atoms with Crippen LogP contribution < -0.4 is 4.72 Å². The van der Waals surface area contributed by atoms with Crippen LogP contribution in [0.5, 0.6) is 0 Å². The topological polar surface area (TPSA) is 66.5 Å². The Bertz CT molecular complexity index is 1140. The Kier molecular flexibility index (Phi) is 6.04. The van der Waals surface area contributed by atoms with Crippen molar-refractivity contribution >= 4 is 21.6 Å². The monoisotopic (exact) mass is 438 g/mol. The molecule has 1 aliphatic rings. The molecule has 1 fully saturated rings. The Morgan fingerprint density at radius 2 is 1.48 bits per heavy atom. The summed E-state index contributed by atoms with van der Waals surface area (Å²) in [4.78, 5) is 14.7. The zero-order valence-corrected chi connectivity index (χ0v) is 17.7. The standard InChI is InChI=1S/C24H23FN2O3S/c25-21-8-10-22(11-9-21)26-31(29,30)23-12-6-20(7-13-23)24(28)27-16-14-19(15-17-27)18-4-2-1-3-5-18/h1-13,19,26H,14-17H2. The highest BCUT2D eigenvalue weighted by atomic mass is 32.2. The van der Waals surface area contributed by atoms with Gasteiger partial charge in [-0.15, -0.1) is 0 Å². The minimum Gasteiger partial charge on any atom is -0.339 e. The Labute approximate surface area is 181 Å². The minimum absolute atomic E-state index is 0.0381. The molecule has 160 valence electrons. The number of carbonyl (C=O) groups is 1. The van der Waals surface area contributed by atoms with Gasteiger partial charge in [-0.3, -0.25) is 9.52 Å². The number of likely N-dealkylation sites (tertiary alicyclic amines) is 1. The predicted octanol–water partition coefficient (Wildman–Crippen LogP) is 4.65. The van der Waals surface area contributed by atoms with Crippen molar-refractivity contribution in [2.24, 2.45) is 0 Å². The summed E-state index contributed by atoms with van der Waals surface area (Å²) in [6.45, 7) is 1.34. The third-order valence-corrected chi connectivity index (χ3v) is 6.96. The molecule has 0 spiro atoms. The van der Waals surface area contributed by atoms with Crippen molar-refractivity contribution in [3.63, 3.8) is 0 Å². The molecule has 3 aromatic rings. The molecule has 0 bridgehead atoms. The molecule has 0 aliphatic carbocycles. The number of anilines is 1. The molecule has 0 atom stereocenters. The molecule has 1 N–H and O–H groups in total. The summed E-state index contributed by atoms with van der Waals surface area (Å²) in [6.07, 6.45) is 1.81. The molecule has 0 radical (unpaired) electrons. The number of rotatable bonds is 5. The molecule has 3 aromatic carbocycles. The fraction of sp³-hybridized carbons (Fsp3) is 0.208. The van der Waals surface area contributed by atoms with Gasteiger partial charge in [0.2, 0.25) is 0 Å². The normalized spacial score (nSPS) is 14.9. The van der Waals surface area contributed by atoms with Gasteiger partial charge < -0.3 is 4.90 Å². The van der Waals surface area contributed by atoms with E-state index in [4.69, 9.17) is 0 Å². The number of halogens is 1. The molecule has 0 saturated carbocycles. The third kappa shape index (κ3) is 4.94. The molecule has 0 unspecified atom stereocenters. The quantitative estimate of drug-likeness (QED) is 0.631. The number of carbonyl (C=O) groups excluding carboxylic acids is 1. The van der Waals surface area contributed by atoms with Gasteiger partial charge in [0.15, 0.2) is 0 Å². The van der Waals surface area contributed by atoms with Crippen molar-refractivity contribution in [3.05, 3.63) is 95.8 Å². The van der Waals surface area contributed by atoms with Crippen LogP contribution in [0.25, 0.3) is 0 Å². The lowest BCUT2D eigenvalue weighted by molar-refractivity contribution is 0.0713. The molecular formula is C24H23FN2O3S. The molecule has 7 heteroatoms. The van der Waals surface area contributed by atoms with E-state index < -0.39 is 15.8 Å². The lowest BCUT2D eigenvalue weighted by Crippen LogP contribution is -2.37. The van der Waals surface area contributed by atoms with Gasteiger partial charge in [-0.2, -0.15) is 0 Å². The van der Waals surface area contributed by atoms with Crippen LogP contribution in [0.1, 0.15) is 34.7 Å². The summed E-state index contributed by atoms with van der Waals surface area (Å²) in [6, 6.07) is 21.3. The molecule has 1 saturated heterocycles. The lowest BCUT2D eigenvalue weighted by Gasteiger charge is -2.32. The SMILES string of the molecule is O=C(c1ccc(S(=O)(=O)Nc2ccc(F)cc2)cc1)N1CCC(c2ccccc2)CC1. The Balaban J connectivity index is 1.39. The summed E-state index contributed by atoms with van der Waals surface area (Å²) in [5, 5.41) is 0. The van der Waals surface area contributed by atoms with Crippen LogP contribution in [0.15, 0.2) is 83.8 Å². The van der Waals surface area contributed by atoms with Crippen LogP contribution in [0.4, 0.5) is 10.1 Å². The first-order valence-corrected chi connectivity index (χ1v) is 11.6. The van der Waals surface area contributed by atoms with Crippen LogP contribution in [0.3, 0.4) is 0 Å². The Hall–Kier alpha value is -3.19. The smallest absolute Gasteiger partial charge is 0.261 e. The number of benzene rings is 3. The van der Waals surface area contributed by atoms with Crippen molar-refractivity contribution in [2.75, 3.05) is 17.8 Å². The molecule has 0 aromatic heterocycles. The van der Waals surface area contributed by atoms with Crippen LogP contribution in [0.2, 0.25) is 0 Å². The van der Waals surface area contributed by atoms with E-state index in [0.29, 0.717) is 24.6 Å². The fourth-order valence-electron chi connectivity index (χ4n) is 3.83. The van der Waals surface area contributed by atoms with Crippen molar-refractivity contribution in [1.82, 2.24) is 4.90 Å². The van der Waals surface area contributed by atoms with Crippen molar-refractivity contribution in [3.8, 4) is 0 Å². The van der Waals surface area contributed by atoms with E-state index in [1.54, 1.807) is 0 Å². The van der Waals surface area contributed by atoms with Gasteiger partial charge in [0.1, 0.15) is 5.82 Å². The number of sulfonamides is 1. The second-order valence-electron chi connectivity index (χ2n) is 7.61. The average molecular weight is 439 g/mol. The number of nitrogens with zero attached hydrogens (tertiary/aromatic N) is 1. The maximum absolute atomic E-state index is 13.0. The zero-order chi connectivity index (χ0) is 21.8. The molecule has 4 rings (SSSR count). The lowest BCUT2D eigenvalue weighted by atomic mass is 9.89. The average Bonchev–Trinajstić information content (AvgIpc) is 2.81. The molecule has 1 amide bonds. The van der Waals surface area contributed by atoms with Gasteiger partial charge in [0, 0.05) is 24.3 Å². The van der Waals surface area contributed by atoms with E-state index in [-0.39, 0.29) is 16.5 Å². The van der Waals surface area contributed by atoms with Gasteiger partial charge in [0.25, 0.3) is 15.9 Å². The number of amides is 1. The van der Waals surface area contributed by atoms with Crippen molar-refractivity contribution < 1.29 is 17.6 Å². The molecular weight excluding hydrogens is 415 g/mol. The first kappa shape index (κ1) is 21.1. The van der Waals surface area contributed by atoms with Crippen molar-refractivity contribution in [2.45, 2.75) is 23.7 Å². The van der Waals surface area contributed by atoms with Crippen LogP contribution >= 0.6 is 0 Å². The first-order valence-electron chi connectivity index (χ1n) is 10.1. The largest absolute Gasteiger partial charge is 0.339 e. The van der Waals surface area contributed by atoms with Crippen LogP contribution in [-0.4, -0.2) is 32.3 Å². The van der Waals surface area contributed by atoms with Gasteiger partial charge in [-0.25, -0.2) is 12.8 Å². The van der Waals surface area contributed by atoms with E-state index in [2.05, 4.69) is 16.9 Å². The molecule has 31 heavy (non-hydrogen) atoms. The summed E-state index contributed by atoms with van der Waals surface area (Å²) >= 11 is 0. The van der Waals surface area contributed by atoms with Gasteiger partial charge in [-0.1, -0.05) is 30.3 Å². The second kappa shape index (κ2) is 8.89. The minimum atomic E-state index is -3.83. The van der Waals surface area contributed by atoms with Crippen LogP contribution in [0, 0.1) is 5.82 Å². The second-order valence-corrected chi connectivity index (χ2v) is 9.30. The van der Waals surface area contributed by atoms with Crippen molar-refractivity contribution in [1.29, 1.82) is 0 Å². The summed E-state index contributed by atoms with van der Waals surface area (Å²) in [7, 11) is -3.83. The highest BCUT2D eigenvalue weighted by Crippen LogP contribution is 2.28. The number of nitrogens with one attached hydrogen (secondary N) is 1. The predicted molar refractivity (Wildman–Crippen MR) is 118 cm³/mol. The molecule has 1 aliphatic heterocycles. The number of hydrogen-bond acceptors (Lipinski definition) is 3. The third-order valence-electron chi connectivity index (χ3n) is 5.56. The van der Waals surface area contributed by atoms with E-state index in [1.165, 1.54) is 54.1 Å². The summed E-state index contributed by atoms with van der Waals surface area (Å²) < 4.78 is 40.5. The van der Waals surface area contributed by atoms with E-state index in [0.717, 1.165) is 12.8 Å². The molecule has 5 nitrogen and oxygen atoms in total. The highest BCUT2D eigenvalue weighted by Gasteiger charge is 2.25. The van der Waals surface area contributed by atoms with Crippen LogP contribution in [-0.2, 0) is 10.0 Å². The zero-order valence-electron chi connectivity index (χ0n) is 16.9. The van der Waals surface area contributed by atoms with Gasteiger partial charge in [-0.05, 0) is 72.9 Å². The Morgan fingerprint density at radius 3 is 2.10 bits per heavy atom. The number of piperidine rings is 1. The summed E-state index contributed by atoms with van der Waals surface area (Å²) in [5.74, 6) is -0.0872. The molecule has 1 heterocycles. The summed E-state index contributed by atoms with van der Waals surface area (Å²) in [5.41, 5.74) is 2.03. The maximum Gasteiger partial charge on any atom is 0.261 e. The van der Waals surface area contributed by atoms with E-state index >= 15 is 0 Å². The van der Waals surface area contributed by atoms with Gasteiger partial charge >= 0.3 is 0 Å². The first-order chi connectivity index (χ1) is 14.9.